The molecule has 3 aromatic rings. The zero-order chi connectivity index (χ0) is 17.8. The van der Waals surface area contributed by atoms with Gasteiger partial charge in [0.15, 0.2) is 6.61 Å². The van der Waals surface area contributed by atoms with Gasteiger partial charge < -0.3 is 15.2 Å². The lowest BCUT2D eigenvalue weighted by atomic mass is 10.1. The summed E-state index contributed by atoms with van der Waals surface area (Å²) in [5.74, 6) is -0.662. The van der Waals surface area contributed by atoms with E-state index in [1.807, 2.05) is 42.5 Å². The van der Waals surface area contributed by atoms with Crippen molar-refractivity contribution in [2.75, 3.05) is 11.9 Å². The Balaban J connectivity index is 1.68. The minimum Gasteiger partial charge on any atom is -0.483 e. The highest BCUT2D eigenvalue weighted by atomic mass is 16.5. The van der Waals surface area contributed by atoms with Gasteiger partial charge in [-0.1, -0.05) is 36.4 Å². The highest BCUT2D eigenvalue weighted by molar-refractivity contribution is 5.95. The Hall–Kier alpha value is -3.34. The van der Waals surface area contributed by atoms with Crippen molar-refractivity contribution in [2.45, 2.75) is 6.92 Å². The highest BCUT2D eigenvalue weighted by Gasteiger charge is 2.10. The minimum atomic E-state index is -1.000. The maximum absolute atomic E-state index is 12.1. The third-order valence-electron chi connectivity index (χ3n) is 3.86. The molecule has 5 heteroatoms. The van der Waals surface area contributed by atoms with Crippen LogP contribution >= 0.6 is 0 Å². The summed E-state index contributed by atoms with van der Waals surface area (Å²) in [7, 11) is 0. The molecule has 0 heterocycles. The van der Waals surface area contributed by atoms with Crippen molar-refractivity contribution in [3.63, 3.8) is 0 Å². The summed E-state index contributed by atoms with van der Waals surface area (Å²) in [5.41, 5.74) is 1.43. The number of aromatic carboxylic acids is 1. The summed E-state index contributed by atoms with van der Waals surface area (Å²) in [6.45, 7) is 1.61. The number of amides is 1. The summed E-state index contributed by atoms with van der Waals surface area (Å²) in [6, 6.07) is 18.0. The van der Waals surface area contributed by atoms with Gasteiger partial charge in [0.25, 0.3) is 5.91 Å². The first-order chi connectivity index (χ1) is 12.0. The quantitative estimate of drug-likeness (QED) is 0.742. The van der Waals surface area contributed by atoms with Gasteiger partial charge in [-0.15, -0.1) is 0 Å². The van der Waals surface area contributed by atoms with Crippen LogP contribution in [0.4, 0.5) is 5.69 Å². The van der Waals surface area contributed by atoms with Crippen LogP contribution in [0.25, 0.3) is 10.8 Å². The van der Waals surface area contributed by atoms with E-state index in [1.54, 1.807) is 13.0 Å². The number of rotatable bonds is 5. The lowest BCUT2D eigenvalue weighted by Gasteiger charge is -2.11. The van der Waals surface area contributed by atoms with E-state index in [1.165, 1.54) is 12.1 Å². The summed E-state index contributed by atoms with van der Waals surface area (Å²) in [4.78, 5) is 23.1. The number of nitrogens with one attached hydrogen (secondary N) is 1. The van der Waals surface area contributed by atoms with Crippen molar-refractivity contribution >= 4 is 28.3 Å². The molecule has 0 saturated carbocycles. The van der Waals surface area contributed by atoms with Crippen LogP contribution in [0.2, 0.25) is 0 Å². The number of carboxylic acid groups (broad SMARTS) is 1. The van der Waals surface area contributed by atoms with Crippen LogP contribution in [0.1, 0.15) is 15.9 Å². The molecule has 0 radical (unpaired) electrons. The van der Waals surface area contributed by atoms with Crippen LogP contribution in [0.3, 0.4) is 0 Å². The maximum Gasteiger partial charge on any atom is 0.335 e. The molecular weight excluding hydrogens is 318 g/mol. The second-order valence-electron chi connectivity index (χ2n) is 5.65. The molecule has 126 valence electrons. The fraction of sp³-hybridized carbons (Fsp3) is 0.100. The van der Waals surface area contributed by atoms with Crippen molar-refractivity contribution in [1.29, 1.82) is 0 Å². The summed E-state index contributed by atoms with van der Waals surface area (Å²) in [5, 5.41) is 13.7. The molecule has 0 fully saturated rings. The fourth-order valence-corrected chi connectivity index (χ4v) is 2.59. The average Bonchev–Trinajstić information content (AvgIpc) is 2.61. The van der Waals surface area contributed by atoms with Crippen molar-refractivity contribution in [3.8, 4) is 5.75 Å². The normalized spacial score (nSPS) is 10.4. The van der Waals surface area contributed by atoms with E-state index in [0.717, 1.165) is 10.8 Å². The van der Waals surface area contributed by atoms with Gasteiger partial charge in [-0.05, 0) is 42.1 Å². The number of hydrogen-bond donors (Lipinski definition) is 2. The average molecular weight is 335 g/mol. The topological polar surface area (TPSA) is 75.6 Å². The van der Waals surface area contributed by atoms with Gasteiger partial charge in [-0.2, -0.15) is 0 Å². The Morgan fingerprint density at radius 2 is 1.80 bits per heavy atom. The number of carbonyl (C=O) groups excluding carboxylic acids is 1. The molecule has 2 N–H and O–H groups in total. The van der Waals surface area contributed by atoms with Gasteiger partial charge in [0, 0.05) is 11.1 Å². The second-order valence-corrected chi connectivity index (χ2v) is 5.65. The molecule has 3 aromatic carbocycles. The monoisotopic (exact) mass is 335 g/mol. The summed E-state index contributed by atoms with van der Waals surface area (Å²) in [6.07, 6.45) is 0. The summed E-state index contributed by atoms with van der Waals surface area (Å²) >= 11 is 0. The van der Waals surface area contributed by atoms with E-state index in [4.69, 9.17) is 9.84 Å². The molecule has 0 aliphatic carbocycles. The first kappa shape index (κ1) is 16.5. The maximum atomic E-state index is 12.1. The molecule has 0 unspecified atom stereocenters. The van der Waals surface area contributed by atoms with Crippen molar-refractivity contribution in [1.82, 2.24) is 0 Å². The van der Waals surface area contributed by atoms with Crippen LogP contribution in [0.15, 0.2) is 60.7 Å². The number of ether oxygens (including phenoxy) is 1. The number of benzene rings is 3. The number of carboxylic acids is 1. The zero-order valence-corrected chi connectivity index (χ0v) is 13.7. The Bertz CT molecular complexity index is 944. The van der Waals surface area contributed by atoms with E-state index in [2.05, 4.69) is 5.32 Å². The lowest BCUT2D eigenvalue weighted by molar-refractivity contribution is -0.118. The van der Waals surface area contributed by atoms with Gasteiger partial charge in [-0.3, -0.25) is 4.79 Å². The van der Waals surface area contributed by atoms with E-state index in [-0.39, 0.29) is 18.1 Å². The van der Waals surface area contributed by atoms with Crippen LogP contribution < -0.4 is 10.1 Å². The molecule has 25 heavy (non-hydrogen) atoms. The summed E-state index contributed by atoms with van der Waals surface area (Å²) < 4.78 is 5.65. The SMILES string of the molecule is Cc1cc(C(=O)O)ccc1NC(=O)COc1cccc2ccccc12. The molecule has 0 aliphatic heterocycles. The first-order valence-corrected chi connectivity index (χ1v) is 7.79. The minimum absolute atomic E-state index is 0.131. The number of carbonyl (C=O) groups is 2. The number of aryl methyl sites for hydroxylation is 1. The smallest absolute Gasteiger partial charge is 0.335 e. The van der Waals surface area contributed by atoms with E-state index >= 15 is 0 Å². The van der Waals surface area contributed by atoms with Gasteiger partial charge in [-0.25, -0.2) is 4.79 Å². The predicted octanol–water partition coefficient (Wildman–Crippen LogP) is 3.86. The number of anilines is 1. The molecule has 1 amide bonds. The van der Waals surface area contributed by atoms with Crippen LogP contribution in [0.5, 0.6) is 5.75 Å². The highest BCUT2D eigenvalue weighted by Crippen LogP contribution is 2.25. The first-order valence-electron chi connectivity index (χ1n) is 7.79. The largest absolute Gasteiger partial charge is 0.483 e. The van der Waals surface area contributed by atoms with Crippen LogP contribution in [-0.4, -0.2) is 23.6 Å². The van der Waals surface area contributed by atoms with E-state index in [0.29, 0.717) is 17.0 Å². The molecule has 3 rings (SSSR count). The van der Waals surface area contributed by atoms with Crippen LogP contribution in [0, 0.1) is 6.92 Å². The zero-order valence-electron chi connectivity index (χ0n) is 13.7. The Labute approximate surface area is 144 Å². The van der Waals surface area contributed by atoms with E-state index in [9.17, 15) is 9.59 Å². The van der Waals surface area contributed by atoms with Gasteiger partial charge in [0.05, 0.1) is 5.56 Å². The predicted molar refractivity (Wildman–Crippen MR) is 96.2 cm³/mol. The molecule has 0 atom stereocenters. The van der Waals surface area contributed by atoms with Crippen molar-refractivity contribution in [3.05, 3.63) is 71.8 Å². The molecular formula is C20H17NO4. The standard InChI is InChI=1S/C20H17NO4/c1-13-11-15(20(23)24)9-10-17(13)21-19(22)12-25-18-8-4-6-14-5-2-3-7-16(14)18/h2-11H,12H2,1H3,(H,21,22)(H,23,24). The Kier molecular flexibility index (Phi) is 4.66. The third kappa shape index (κ3) is 3.77. The Morgan fingerprint density at radius 3 is 2.56 bits per heavy atom. The molecule has 0 bridgehead atoms. The molecule has 0 aliphatic rings. The molecule has 0 aromatic heterocycles. The Morgan fingerprint density at radius 1 is 1.04 bits per heavy atom. The molecule has 0 saturated heterocycles. The second kappa shape index (κ2) is 7.05. The van der Waals surface area contributed by atoms with Gasteiger partial charge >= 0.3 is 5.97 Å². The van der Waals surface area contributed by atoms with Crippen molar-refractivity contribution < 1.29 is 19.4 Å². The lowest BCUT2D eigenvalue weighted by Crippen LogP contribution is -2.20. The third-order valence-corrected chi connectivity index (χ3v) is 3.86. The van der Waals surface area contributed by atoms with Crippen molar-refractivity contribution in [2.24, 2.45) is 0 Å². The van der Waals surface area contributed by atoms with Crippen LogP contribution in [-0.2, 0) is 4.79 Å². The van der Waals surface area contributed by atoms with Gasteiger partial charge in [0.2, 0.25) is 0 Å². The number of fused-ring (bicyclic) bond motifs is 1. The molecule has 5 nitrogen and oxygen atoms in total. The fourth-order valence-electron chi connectivity index (χ4n) is 2.59. The molecule has 0 spiro atoms. The number of hydrogen-bond acceptors (Lipinski definition) is 3. The van der Waals surface area contributed by atoms with E-state index < -0.39 is 5.97 Å². The van der Waals surface area contributed by atoms with Gasteiger partial charge in [0.1, 0.15) is 5.75 Å².